The average molecular weight is 274 g/mol. The molecule has 0 N–H and O–H groups in total. The molecule has 106 valence electrons. The molecule has 0 aromatic heterocycles. The lowest BCUT2D eigenvalue weighted by molar-refractivity contribution is -0.385. The minimum atomic E-state index is -0.330. The van der Waals surface area contributed by atoms with Gasteiger partial charge in [0.05, 0.1) is 17.5 Å². The van der Waals surface area contributed by atoms with E-state index < -0.39 is 0 Å². The van der Waals surface area contributed by atoms with Crippen LogP contribution in [-0.4, -0.2) is 47.4 Å². The van der Waals surface area contributed by atoms with E-state index in [1.165, 1.54) is 0 Å². The molecule has 1 heterocycles. The lowest BCUT2D eigenvalue weighted by atomic mass is 10.1. The van der Waals surface area contributed by atoms with E-state index >= 15 is 0 Å². The van der Waals surface area contributed by atoms with Crippen LogP contribution in [0.2, 0.25) is 0 Å². The Hall–Kier alpha value is -1.97. The minimum Gasteiger partial charge on any atom is -0.297 e. The Balaban J connectivity index is 2.00. The third-order valence-electron chi connectivity index (χ3n) is 3.77. The van der Waals surface area contributed by atoms with Gasteiger partial charge in [-0.1, -0.05) is 12.1 Å². The van der Waals surface area contributed by atoms with Gasteiger partial charge in [0.15, 0.2) is 0 Å². The molecule has 0 unspecified atom stereocenters. The number of nitriles is 1. The fourth-order valence-electron chi connectivity index (χ4n) is 2.49. The molecule has 6 nitrogen and oxygen atoms in total. The molecule has 1 aliphatic heterocycles. The molecule has 0 atom stereocenters. The molecule has 2 rings (SSSR count). The second kappa shape index (κ2) is 6.46. The summed E-state index contributed by atoms with van der Waals surface area (Å²) in [6, 6.07) is 7.40. The van der Waals surface area contributed by atoms with E-state index in [-0.39, 0.29) is 10.6 Å². The predicted molar refractivity (Wildman–Crippen MR) is 75.2 cm³/mol. The van der Waals surface area contributed by atoms with E-state index in [1.54, 1.807) is 19.1 Å². The summed E-state index contributed by atoms with van der Waals surface area (Å²) in [5, 5.41) is 19.6. The van der Waals surface area contributed by atoms with Crippen LogP contribution in [-0.2, 0) is 6.54 Å². The van der Waals surface area contributed by atoms with Crippen molar-refractivity contribution < 1.29 is 4.92 Å². The second-order valence-electron chi connectivity index (χ2n) is 5.03. The molecule has 1 aliphatic rings. The first kappa shape index (κ1) is 14.4. The Bertz CT molecular complexity index is 530. The van der Waals surface area contributed by atoms with E-state index in [0.717, 1.165) is 43.9 Å². The maximum absolute atomic E-state index is 10.9. The monoisotopic (exact) mass is 274 g/mol. The number of nitro groups is 1. The predicted octanol–water partition coefficient (Wildman–Crippen LogP) is 1.54. The van der Waals surface area contributed by atoms with Crippen LogP contribution < -0.4 is 0 Å². The molecule has 1 fully saturated rings. The molecule has 0 amide bonds. The van der Waals surface area contributed by atoms with Crippen molar-refractivity contribution >= 4 is 5.69 Å². The van der Waals surface area contributed by atoms with Crippen molar-refractivity contribution in [2.45, 2.75) is 13.5 Å². The molecule has 20 heavy (non-hydrogen) atoms. The van der Waals surface area contributed by atoms with Gasteiger partial charge in [0, 0.05) is 44.4 Å². The molecular formula is C14H18N4O2. The van der Waals surface area contributed by atoms with Gasteiger partial charge in [-0.05, 0) is 12.5 Å². The normalized spacial score (nSPS) is 16.8. The highest BCUT2D eigenvalue weighted by Gasteiger charge is 2.19. The van der Waals surface area contributed by atoms with E-state index in [0.29, 0.717) is 6.54 Å². The van der Waals surface area contributed by atoms with Crippen molar-refractivity contribution in [3.8, 4) is 6.07 Å². The van der Waals surface area contributed by atoms with Crippen molar-refractivity contribution in [3.05, 3.63) is 39.4 Å². The van der Waals surface area contributed by atoms with Gasteiger partial charge in [-0.25, -0.2) is 0 Å². The van der Waals surface area contributed by atoms with Gasteiger partial charge in [0.25, 0.3) is 5.69 Å². The first-order valence-corrected chi connectivity index (χ1v) is 6.66. The summed E-state index contributed by atoms with van der Waals surface area (Å²) >= 11 is 0. The van der Waals surface area contributed by atoms with Crippen molar-refractivity contribution in [1.29, 1.82) is 5.26 Å². The summed E-state index contributed by atoms with van der Waals surface area (Å²) in [5.74, 6) is 0. The van der Waals surface area contributed by atoms with Gasteiger partial charge in [-0.15, -0.1) is 0 Å². The zero-order valence-corrected chi connectivity index (χ0v) is 11.6. The molecule has 0 saturated carbocycles. The Kier molecular flexibility index (Phi) is 4.66. The molecule has 6 heteroatoms. The highest BCUT2D eigenvalue weighted by atomic mass is 16.6. The quantitative estimate of drug-likeness (QED) is 0.473. The van der Waals surface area contributed by atoms with Crippen LogP contribution >= 0.6 is 0 Å². The fourth-order valence-corrected chi connectivity index (χ4v) is 2.49. The minimum absolute atomic E-state index is 0.186. The maximum Gasteiger partial charge on any atom is 0.272 e. The van der Waals surface area contributed by atoms with Crippen molar-refractivity contribution in [2.24, 2.45) is 0 Å². The average Bonchev–Trinajstić information content (AvgIpc) is 2.43. The van der Waals surface area contributed by atoms with Gasteiger partial charge in [0.2, 0.25) is 0 Å². The zero-order chi connectivity index (χ0) is 14.5. The van der Waals surface area contributed by atoms with E-state index in [9.17, 15) is 10.1 Å². The summed E-state index contributed by atoms with van der Waals surface area (Å²) < 4.78 is 0. The highest BCUT2D eigenvalue weighted by molar-refractivity contribution is 5.44. The Morgan fingerprint density at radius 1 is 1.30 bits per heavy atom. The van der Waals surface area contributed by atoms with Crippen molar-refractivity contribution in [2.75, 3.05) is 32.7 Å². The Labute approximate surface area is 118 Å². The summed E-state index contributed by atoms with van der Waals surface area (Å²) in [7, 11) is 0. The number of hydrogen-bond donors (Lipinski definition) is 0. The smallest absolute Gasteiger partial charge is 0.272 e. The Morgan fingerprint density at radius 2 is 1.95 bits per heavy atom. The van der Waals surface area contributed by atoms with Crippen molar-refractivity contribution in [1.82, 2.24) is 9.80 Å². The molecule has 1 saturated heterocycles. The van der Waals surface area contributed by atoms with Crippen LogP contribution in [0.3, 0.4) is 0 Å². The largest absolute Gasteiger partial charge is 0.297 e. The van der Waals surface area contributed by atoms with Crippen LogP contribution in [0, 0.1) is 28.4 Å². The third kappa shape index (κ3) is 3.32. The topological polar surface area (TPSA) is 73.4 Å². The lowest BCUT2D eigenvalue weighted by Crippen LogP contribution is -2.45. The number of nitrogens with zero attached hydrogens (tertiary/aromatic N) is 4. The number of rotatable bonds is 4. The molecular weight excluding hydrogens is 256 g/mol. The first-order valence-electron chi connectivity index (χ1n) is 6.66. The van der Waals surface area contributed by atoms with Gasteiger partial charge in [0.1, 0.15) is 0 Å². The molecule has 1 aromatic rings. The molecule has 0 spiro atoms. The number of nitro benzene ring substituents is 1. The molecule has 0 aliphatic carbocycles. The van der Waals surface area contributed by atoms with Crippen LogP contribution in [0.25, 0.3) is 0 Å². The summed E-state index contributed by atoms with van der Waals surface area (Å²) in [6.07, 6.45) is 0. The summed E-state index contributed by atoms with van der Waals surface area (Å²) in [6.45, 7) is 6.55. The third-order valence-corrected chi connectivity index (χ3v) is 3.77. The van der Waals surface area contributed by atoms with Crippen LogP contribution in [0.4, 0.5) is 5.69 Å². The number of piperazine rings is 1. The molecule has 1 aromatic carbocycles. The highest BCUT2D eigenvalue weighted by Crippen LogP contribution is 2.22. The molecule has 0 radical (unpaired) electrons. The summed E-state index contributed by atoms with van der Waals surface area (Å²) in [4.78, 5) is 15.0. The molecule has 0 bridgehead atoms. The summed E-state index contributed by atoms with van der Waals surface area (Å²) in [5.41, 5.74) is 1.94. The second-order valence-corrected chi connectivity index (χ2v) is 5.03. The maximum atomic E-state index is 10.9. The van der Waals surface area contributed by atoms with Gasteiger partial charge < -0.3 is 0 Å². The SMILES string of the molecule is Cc1c(CN2CCN(CC#N)CC2)cccc1[N+](=O)[O-]. The van der Waals surface area contributed by atoms with Gasteiger partial charge in [-0.2, -0.15) is 5.26 Å². The van der Waals surface area contributed by atoms with E-state index in [2.05, 4.69) is 15.9 Å². The van der Waals surface area contributed by atoms with Crippen LogP contribution in [0.1, 0.15) is 11.1 Å². The van der Waals surface area contributed by atoms with Gasteiger partial charge in [-0.3, -0.25) is 19.9 Å². The van der Waals surface area contributed by atoms with Gasteiger partial charge >= 0.3 is 0 Å². The standard InChI is InChI=1S/C14H18N4O2/c1-12-13(3-2-4-14(12)18(19)20)11-17-9-7-16(6-5-15)8-10-17/h2-4H,6-11H2,1H3. The lowest BCUT2D eigenvalue weighted by Gasteiger charge is -2.33. The van der Waals surface area contributed by atoms with Crippen LogP contribution in [0.5, 0.6) is 0 Å². The zero-order valence-electron chi connectivity index (χ0n) is 11.6. The van der Waals surface area contributed by atoms with Crippen LogP contribution in [0.15, 0.2) is 18.2 Å². The van der Waals surface area contributed by atoms with E-state index in [4.69, 9.17) is 5.26 Å². The Morgan fingerprint density at radius 3 is 2.55 bits per heavy atom. The first-order chi connectivity index (χ1) is 9.61. The van der Waals surface area contributed by atoms with Crippen molar-refractivity contribution in [3.63, 3.8) is 0 Å². The number of hydrogen-bond acceptors (Lipinski definition) is 5. The van der Waals surface area contributed by atoms with E-state index in [1.807, 2.05) is 6.07 Å². The fraction of sp³-hybridized carbons (Fsp3) is 0.500. The number of benzene rings is 1.